The van der Waals surface area contributed by atoms with Gasteiger partial charge in [0, 0.05) is 11.8 Å². The smallest absolute Gasteiger partial charge is 0.328 e. The number of hydrogen-bond acceptors (Lipinski definition) is 4. The fourth-order valence-corrected chi connectivity index (χ4v) is 2.38. The molecule has 1 unspecified atom stereocenters. The van der Waals surface area contributed by atoms with Gasteiger partial charge >= 0.3 is 6.18 Å². The third kappa shape index (κ3) is 3.53. The molecule has 0 spiro atoms. The van der Waals surface area contributed by atoms with Crippen LogP contribution in [0.4, 0.5) is 22.0 Å². The predicted molar refractivity (Wildman–Crippen MR) is 77.0 cm³/mol. The van der Waals surface area contributed by atoms with Crippen LogP contribution in [-0.2, 0) is 6.18 Å². The fraction of sp³-hybridized carbons (Fsp3) is 0.200. The van der Waals surface area contributed by atoms with Crippen LogP contribution < -0.4 is 16.2 Å². The van der Waals surface area contributed by atoms with Gasteiger partial charge in [-0.2, -0.15) is 13.2 Å². The molecule has 0 saturated carbocycles. The third-order valence-electron chi connectivity index (χ3n) is 3.56. The Morgan fingerprint density at radius 1 is 1.28 bits per heavy atom. The van der Waals surface area contributed by atoms with Crippen LogP contribution in [0.1, 0.15) is 16.2 Å². The number of allylic oxidation sites excluding steroid dienone is 1. The molecule has 2 heterocycles. The number of amides is 1. The number of pyridine rings is 1. The fourth-order valence-electron chi connectivity index (χ4n) is 2.38. The van der Waals surface area contributed by atoms with Crippen molar-refractivity contribution in [2.24, 2.45) is 0 Å². The van der Waals surface area contributed by atoms with Crippen LogP contribution in [0.2, 0.25) is 0 Å². The Hall–Kier alpha value is -2.75. The molecule has 1 amide bonds. The van der Waals surface area contributed by atoms with E-state index in [4.69, 9.17) is 0 Å². The van der Waals surface area contributed by atoms with Crippen LogP contribution in [0.5, 0.6) is 0 Å². The number of carbonyl (C=O) groups excluding carboxylic acids is 1. The molecule has 1 aliphatic heterocycles. The second kappa shape index (κ2) is 6.28. The molecule has 132 valence electrons. The third-order valence-corrected chi connectivity index (χ3v) is 3.56. The summed E-state index contributed by atoms with van der Waals surface area (Å²) < 4.78 is 64.4. The van der Waals surface area contributed by atoms with E-state index in [1.165, 1.54) is 18.4 Å². The highest BCUT2D eigenvalue weighted by atomic mass is 19.4. The van der Waals surface area contributed by atoms with E-state index in [2.05, 4.69) is 21.2 Å². The van der Waals surface area contributed by atoms with Crippen molar-refractivity contribution in [1.29, 1.82) is 0 Å². The minimum absolute atomic E-state index is 0.188. The molecule has 2 aliphatic rings. The quantitative estimate of drug-likeness (QED) is 0.726. The number of halogens is 5. The monoisotopic (exact) mass is 358 g/mol. The number of hydrazine groups is 1. The zero-order chi connectivity index (χ0) is 18.2. The van der Waals surface area contributed by atoms with Gasteiger partial charge in [0.1, 0.15) is 11.4 Å². The summed E-state index contributed by atoms with van der Waals surface area (Å²) in [6.07, 6.45) is -3.51. The summed E-state index contributed by atoms with van der Waals surface area (Å²) in [7, 11) is 0. The molecule has 25 heavy (non-hydrogen) atoms. The summed E-state index contributed by atoms with van der Waals surface area (Å²) in [6, 6.07) is 2.33. The minimum atomic E-state index is -4.71. The normalized spacial score (nSPS) is 19.6. The first-order chi connectivity index (χ1) is 11.8. The molecule has 10 heteroatoms. The van der Waals surface area contributed by atoms with Gasteiger partial charge in [-0.15, -0.1) is 0 Å². The van der Waals surface area contributed by atoms with Gasteiger partial charge in [-0.3, -0.25) is 4.79 Å². The molecule has 0 saturated heterocycles. The molecular weight excluding hydrogens is 347 g/mol. The SMILES string of the molecule is O=C(NC1=CC2=CNNC2C=C1C(F)F)c1cccc(C(F)(F)F)n1. The zero-order valence-corrected chi connectivity index (χ0v) is 12.4. The number of rotatable bonds is 3. The average molecular weight is 358 g/mol. The zero-order valence-electron chi connectivity index (χ0n) is 12.4. The van der Waals surface area contributed by atoms with Gasteiger partial charge in [0.15, 0.2) is 0 Å². The van der Waals surface area contributed by atoms with Crippen molar-refractivity contribution in [3.63, 3.8) is 0 Å². The van der Waals surface area contributed by atoms with Gasteiger partial charge in [0.05, 0.1) is 11.7 Å². The molecule has 0 radical (unpaired) electrons. The van der Waals surface area contributed by atoms with Gasteiger partial charge in [0.2, 0.25) is 0 Å². The highest BCUT2D eigenvalue weighted by Gasteiger charge is 2.33. The van der Waals surface area contributed by atoms with Gasteiger partial charge in [0.25, 0.3) is 12.3 Å². The van der Waals surface area contributed by atoms with Crippen molar-refractivity contribution in [3.05, 3.63) is 64.8 Å². The van der Waals surface area contributed by atoms with Gasteiger partial charge in [-0.25, -0.2) is 19.2 Å². The van der Waals surface area contributed by atoms with Crippen LogP contribution in [0.3, 0.4) is 0 Å². The summed E-state index contributed by atoms with van der Waals surface area (Å²) in [4.78, 5) is 15.4. The maximum absolute atomic E-state index is 13.2. The van der Waals surface area contributed by atoms with Crippen molar-refractivity contribution < 1.29 is 26.7 Å². The van der Waals surface area contributed by atoms with Crippen LogP contribution in [-0.4, -0.2) is 23.4 Å². The average Bonchev–Trinajstić information content (AvgIpc) is 3.00. The van der Waals surface area contributed by atoms with Crippen molar-refractivity contribution >= 4 is 5.91 Å². The van der Waals surface area contributed by atoms with Crippen LogP contribution in [0.15, 0.2) is 53.4 Å². The lowest BCUT2D eigenvalue weighted by Gasteiger charge is -2.21. The standard InChI is InChI=1S/C15H11F5N4O/c16-13(17)8-5-10-7(6-21-24-10)4-11(8)23-14(25)9-2-1-3-12(22-9)15(18,19)20/h1-6,10,13,21,24H,(H,23,25). The number of hydrogen-bond donors (Lipinski definition) is 3. The van der Waals surface area contributed by atoms with Crippen LogP contribution in [0.25, 0.3) is 0 Å². The largest absolute Gasteiger partial charge is 0.433 e. The Balaban J connectivity index is 1.86. The Bertz CT molecular complexity index is 797. The molecule has 1 aromatic rings. The van der Waals surface area contributed by atoms with Crippen molar-refractivity contribution in [2.75, 3.05) is 0 Å². The Morgan fingerprint density at radius 2 is 2.04 bits per heavy atom. The van der Waals surface area contributed by atoms with Gasteiger partial charge in [-0.05, 0) is 23.8 Å². The Kier molecular flexibility index (Phi) is 4.29. The highest BCUT2D eigenvalue weighted by Crippen LogP contribution is 2.29. The number of nitrogens with one attached hydrogen (secondary N) is 3. The first kappa shape index (κ1) is 17.1. The summed E-state index contributed by atoms with van der Waals surface area (Å²) in [6.45, 7) is 0. The van der Waals surface area contributed by atoms with E-state index in [-0.39, 0.29) is 5.70 Å². The molecule has 3 N–H and O–H groups in total. The highest BCUT2D eigenvalue weighted by molar-refractivity contribution is 5.94. The van der Waals surface area contributed by atoms with Crippen LogP contribution in [0, 0.1) is 0 Å². The maximum Gasteiger partial charge on any atom is 0.433 e. The van der Waals surface area contributed by atoms with Gasteiger partial charge < -0.3 is 10.7 Å². The van der Waals surface area contributed by atoms with E-state index in [1.807, 2.05) is 0 Å². The molecule has 5 nitrogen and oxygen atoms in total. The molecule has 1 aliphatic carbocycles. The van der Waals surface area contributed by atoms with Crippen LogP contribution >= 0.6 is 0 Å². The summed E-state index contributed by atoms with van der Waals surface area (Å²) in [5.41, 5.74) is 3.59. The molecule has 1 aromatic heterocycles. The van der Waals surface area contributed by atoms with Gasteiger partial charge in [-0.1, -0.05) is 12.1 Å². The predicted octanol–water partition coefficient (Wildman–Crippen LogP) is 2.28. The molecule has 0 bridgehead atoms. The lowest BCUT2D eigenvalue weighted by molar-refractivity contribution is -0.141. The number of aromatic nitrogens is 1. The number of carbonyl (C=O) groups is 1. The molecule has 1 atom stereocenters. The molecule has 0 aromatic carbocycles. The summed E-state index contributed by atoms with van der Waals surface area (Å²) in [5.74, 6) is -1.01. The van der Waals surface area contributed by atoms with Crippen molar-refractivity contribution in [3.8, 4) is 0 Å². The summed E-state index contributed by atoms with van der Waals surface area (Å²) >= 11 is 0. The van der Waals surface area contributed by atoms with Crippen molar-refractivity contribution in [2.45, 2.75) is 18.6 Å². The first-order valence-electron chi connectivity index (χ1n) is 7.04. The lowest BCUT2D eigenvalue weighted by atomic mass is 9.96. The Morgan fingerprint density at radius 3 is 2.72 bits per heavy atom. The molecular formula is C15H11F5N4O. The maximum atomic E-state index is 13.2. The van der Waals surface area contributed by atoms with Crippen molar-refractivity contribution in [1.82, 2.24) is 21.2 Å². The van der Waals surface area contributed by atoms with E-state index in [0.29, 0.717) is 11.6 Å². The van der Waals surface area contributed by atoms with E-state index in [0.717, 1.165) is 12.1 Å². The van der Waals surface area contributed by atoms with E-state index < -0.39 is 41.5 Å². The number of fused-ring (bicyclic) bond motifs is 1. The molecule has 3 rings (SSSR count). The van der Waals surface area contributed by atoms with E-state index in [9.17, 15) is 26.7 Å². The molecule has 0 fully saturated rings. The topological polar surface area (TPSA) is 66.1 Å². The lowest BCUT2D eigenvalue weighted by Crippen LogP contribution is -2.34. The number of alkyl halides is 5. The first-order valence-corrected chi connectivity index (χ1v) is 7.04. The Labute approximate surface area is 138 Å². The second-order valence-electron chi connectivity index (χ2n) is 5.25. The number of nitrogens with zero attached hydrogens (tertiary/aromatic N) is 1. The van der Waals surface area contributed by atoms with E-state index in [1.54, 1.807) is 0 Å². The second-order valence-corrected chi connectivity index (χ2v) is 5.25. The summed E-state index contributed by atoms with van der Waals surface area (Å²) in [5, 5.41) is 2.21. The minimum Gasteiger partial charge on any atom is -0.328 e. The van der Waals surface area contributed by atoms with E-state index >= 15 is 0 Å².